The van der Waals surface area contributed by atoms with Crippen LogP contribution >= 0.6 is 15.9 Å². The average Bonchev–Trinajstić information content (AvgIpc) is 2.77. The summed E-state index contributed by atoms with van der Waals surface area (Å²) in [6.45, 7) is 0.580. The highest BCUT2D eigenvalue weighted by atomic mass is 79.9. The van der Waals surface area contributed by atoms with Gasteiger partial charge in [0, 0.05) is 12.2 Å². The molecule has 2 heterocycles. The van der Waals surface area contributed by atoms with E-state index in [0.717, 1.165) is 5.56 Å². The Hall–Kier alpha value is -1.70. The Bertz CT molecular complexity index is 663. The summed E-state index contributed by atoms with van der Waals surface area (Å²) in [5.41, 5.74) is 6.24. The molecule has 0 radical (unpaired) electrons. The summed E-state index contributed by atoms with van der Waals surface area (Å²) in [6, 6.07) is 6.87. The van der Waals surface area contributed by atoms with E-state index < -0.39 is 11.9 Å². The van der Waals surface area contributed by atoms with E-state index >= 15 is 0 Å². The highest BCUT2D eigenvalue weighted by Crippen LogP contribution is 2.42. The summed E-state index contributed by atoms with van der Waals surface area (Å²) in [5.74, 6) is 0.357. The number of nitrogen functional groups attached to an aromatic ring is 1. The molecule has 1 aromatic heterocycles. The highest BCUT2D eigenvalue weighted by molar-refractivity contribution is 9.10. The minimum Gasteiger partial charge on any atom is -0.399 e. The van der Waals surface area contributed by atoms with Gasteiger partial charge in [-0.2, -0.15) is 18.3 Å². The molecule has 0 aliphatic carbocycles. The molecule has 21 heavy (non-hydrogen) atoms. The van der Waals surface area contributed by atoms with Crippen LogP contribution in [-0.2, 0) is 6.18 Å². The van der Waals surface area contributed by atoms with Crippen LogP contribution in [0, 0.1) is 0 Å². The van der Waals surface area contributed by atoms with Gasteiger partial charge in [0.05, 0.1) is 10.5 Å². The first-order chi connectivity index (χ1) is 9.88. The number of hydrogen-bond acceptors (Lipinski definition) is 3. The number of anilines is 2. The smallest absolute Gasteiger partial charge is 0.399 e. The Labute approximate surface area is 127 Å². The summed E-state index contributed by atoms with van der Waals surface area (Å²) in [6.07, 6.45) is -3.83. The molecule has 1 aromatic carbocycles. The van der Waals surface area contributed by atoms with E-state index in [1.165, 1.54) is 4.68 Å². The maximum absolute atomic E-state index is 13.0. The third kappa shape index (κ3) is 2.48. The number of hydrogen-bond donors (Lipinski definition) is 2. The molecule has 8 heteroatoms. The molecule has 3 N–H and O–H groups in total. The maximum atomic E-state index is 13.0. The van der Waals surface area contributed by atoms with Crippen LogP contribution in [0.3, 0.4) is 0 Å². The summed E-state index contributed by atoms with van der Waals surface area (Å²) in [7, 11) is 0. The molecule has 1 unspecified atom stereocenters. The van der Waals surface area contributed by atoms with E-state index in [2.05, 4.69) is 26.3 Å². The van der Waals surface area contributed by atoms with Gasteiger partial charge in [-0.3, -0.25) is 0 Å². The maximum Gasteiger partial charge on any atom is 0.436 e. The lowest BCUT2D eigenvalue weighted by Crippen LogP contribution is -2.24. The molecule has 0 saturated carbocycles. The van der Waals surface area contributed by atoms with Gasteiger partial charge in [-0.15, -0.1) is 0 Å². The quantitative estimate of drug-likeness (QED) is 0.763. The molecule has 4 nitrogen and oxygen atoms in total. The normalized spacial score (nSPS) is 18.2. The first-order valence-electron chi connectivity index (χ1n) is 6.32. The number of halogens is 4. The van der Waals surface area contributed by atoms with Crippen molar-refractivity contribution in [2.45, 2.75) is 18.6 Å². The van der Waals surface area contributed by atoms with E-state index in [4.69, 9.17) is 5.73 Å². The number of nitrogens with two attached hydrogens (primary N) is 1. The van der Waals surface area contributed by atoms with Crippen molar-refractivity contribution in [1.29, 1.82) is 0 Å². The van der Waals surface area contributed by atoms with Crippen molar-refractivity contribution < 1.29 is 13.2 Å². The molecular weight excluding hydrogens is 349 g/mol. The molecule has 1 atom stereocenters. The molecule has 0 spiro atoms. The summed E-state index contributed by atoms with van der Waals surface area (Å²) < 4.78 is 40.2. The number of nitrogens with one attached hydrogen (secondary N) is 1. The first kappa shape index (κ1) is 14.2. The molecule has 0 amide bonds. The highest BCUT2D eigenvalue weighted by Gasteiger charge is 2.40. The molecule has 1 aliphatic rings. The molecular formula is C13H12BrF3N4. The number of fused-ring (bicyclic) bond motifs is 1. The minimum atomic E-state index is -4.49. The summed E-state index contributed by atoms with van der Waals surface area (Å²) >= 11 is 3.00. The van der Waals surface area contributed by atoms with Crippen molar-refractivity contribution in [1.82, 2.24) is 9.78 Å². The fourth-order valence-corrected chi connectivity index (χ4v) is 3.08. The standard InChI is InChI=1S/C13H12BrF3N4/c14-10-11(13(15,16)17)20-21-9(5-6-19-12(10)21)7-1-3-8(18)4-2-7/h1-4,9,19H,5-6,18H2. The van der Waals surface area contributed by atoms with Crippen molar-refractivity contribution in [2.24, 2.45) is 0 Å². The Kier molecular flexibility index (Phi) is 3.35. The van der Waals surface area contributed by atoms with Crippen LogP contribution in [0.25, 0.3) is 0 Å². The van der Waals surface area contributed by atoms with Gasteiger partial charge >= 0.3 is 6.18 Å². The first-order valence-corrected chi connectivity index (χ1v) is 7.11. The SMILES string of the molecule is Nc1ccc(C2CCNc3c(Br)c(C(F)(F)F)nn32)cc1. The Balaban J connectivity index is 2.08. The third-order valence-electron chi connectivity index (χ3n) is 3.45. The van der Waals surface area contributed by atoms with Crippen molar-refractivity contribution >= 4 is 27.4 Å². The summed E-state index contributed by atoms with van der Waals surface area (Å²) in [5, 5.41) is 6.72. The molecule has 0 bridgehead atoms. The average molecular weight is 361 g/mol. The molecule has 1 aliphatic heterocycles. The van der Waals surface area contributed by atoms with Gasteiger partial charge in [0.25, 0.3) is 0 Å². The second-order valence-corrected chi connectivity index (χ2v) is 5.64. The van der Waals surface area contributed by atoms with Gasteiger partial charge in [0.1, 0.15) is 5.82 Å². The van der Waals surface area contributed by atoms with Gasteiger partial charge < -0.3 is 11.1 Å². The lowest BCUT2D eigenvalue weighted by Gasteiger charge is -2.26. The van der Waals surface area contributed by atoms with Crippen LogP contribution in [0.15, 0.2) is 28.7 Å². The van der Waals surface area contributed by atoms with Gasteiger partial charge in [-0.25, -0.2) is 4.68 Å². The van der Waals surface area contributed by atoms with E-state index in [9.17, 15) is 13.2 Å². The number of rotatable bonds is 1. The lowest BCUT2D eigenvalue weighted by molar-refractivity contribution is -0.142. The van der Waals surface area contributed by atoms with Crippen molar-refractivity contribution in [2.75, 3.05) is 17.6 Å². The molecule has 0 fully saturated rings. The predicted molar refractivity (Wildman–Crippen MR) is 77.0 cm³/mol. The Morgan fingerprint density at radius 2 is 1.95 bits per heavy atom. The molecule has 112 valence electrons. The van der Waals surface area contributed by atoms with Crippen LogP contribution in [0.1, 0.15) is 23.7 Å². The van der Waals surface area contributed by atoms with Crippen LogP contribution in [0.2, 0.25) is 0 Å². The van der Waals surface area contributed by atoms with Crippen molar-refractivity contribution in [3.8, 4) is 0 Å². The largest absolute Gasteiger partial charge is 0.436 e. The lowest BCUT2D eigenvalue weighted by atomic mass is 10.0. The molecule has 2 aromatic rings. The van der Waals surface area contributed by atoms with E-state index in [0.29, 0.717) is 24.5 Å². The van der Waals surface area contributed by atoms with Gasteiger partial charge in [-0.05, 0) is 40.0 Å². The topological polar surface area (TPSA) is 55.9 Å². The second-order valence-electron chi connectivity index (χ2n) is 4.85. The number of alkyl halides is 3. The Morgan fingerprint density at radius 3 is 2.57 bits per heavy atom. The van der Waals surface area contributed by atoms with Crippen LogP contribution in [0.5, 0.6) is 0 Å². The van der Waals surface area contributed by atoms with E-state index in [-0.39, 0.29) is 10.5 Å². The zero-order chi connectivity index (χ0) is 15.2. The van der Waals surface area contributed by atoms with Crippen LogP contribution in [0.4, 0.5) is 24.7 Å². The zero-order valence-electron chi connectivity index (χ0n) is 10.8. The minimum absolute atomic E-state index is 0.0462. The number of aromatic nitrogens is 2. The fourth-order valence-electron chi connectivity index (χ4n) is 2.46. The Morgan fingerprint density at radius 1 is 1.29 bits per heavy atom. The van der Waals surface area contributed by atoms with E-state index in [1.807, 2.05) is 12.1 Å². The predicted octanol–water partition coefficient (Wildman–Crippen LogP) is 3.65. The van der Waals surface area contributed by atoms with Gasteiger partial charge in [-0.1, -0.05) is 12.1 Å². The molecule has 3 rings (SSSR count). The monoisotopic (exact) mass is 360 g/mol. The third-order valence-corrected chi connectivity index (χ3v) is 4.20. The number of benzene rings is 1. The zero-order valence-corrected chi connectivity index (χ0v) is 12.4. The van der Waals surface area contributed by atoms with Crippen molar-refractivity contribution in [3.63, 3.8) is 0 Å². The summed E-state index contributed by atoms with van der Waals surface area (Å²) in [4.78, 5) is 0. The fraction of sp³-hybridized carbons (Fsp3) is 0.308. The molecule has 0 saturated heterocycles. The van der Waals surface area contributed by atoms with E-state index in [1.54, 1.807) is 12.1 Å². The van der Waals surface area contributed by atoms with Crippen LogP contribution in [-0.4, -0.2) is 16.3 Å². The van der Waals surface area contributed by atoms with Gasteiger partial charge in [0.15, 0.2) is 5.69 Å². The van der Waals surface area contributed by atoms with Crippen LogP contribution < -0.4 is 11.1 Å². The van der Waals surface area contributed by atoms with Gasteiger partial charge in [0.2, 0.25) is 0 Å². The van der Waals surface area contributed by atoms with Crippen molar-refractivity contribution in [3.05, 3.63) is 40.0 Å². The number of nitrogens with zero attached hydrogens (tertiary/aromatic N) is 2. The second kappa shape index (κ2) is 4.94.